The molecule has 0 aliphatic carbocycles. The number of nitrogens with one attached hydrogen (secondary N) is 2. The second-order valence-electron chi connectivity index (χ2n) is 6.03. The Morgan fingerprint density at radius 1 is 0.769 bits per heavy atom. The fourth-order valence-electron chi connectivity index (χ4n) is 2.55. The van der Waals surface area contributed by atoms with Crippen LogP contribution in [0.4, 0.5) is 0 Å². The van der Waals surface area contributed by atoms with E-state index in [9.17, 15) is 19.8 Å². The summed E-state index contributed by atoms with van der Waals surface area (Å²) in [5, 5.41) is 24.4. The van der Waals surface area contributed by atoms with E-state index in [1.807, 2.05) is 36.4 Å². The molecule has 2 aromatic rings. The van der Waals surface area contributed by atoms with Crippen molar-refractivity contribution < 1.29 is 19.8 Å². The molecule has 0 fully saturated rings. The molecule has 138 valence electrons. The van der Waals surface area contributed by atoms with Crippen LogP contribution in [0.2, 0.25) is 0 Å². The highest BCUT2D eigenvalue weighted by atomic mass is 16.3. The summed E-state index contributed by atoms with van der Waals surface area (Å²) in [6, 6.07) is 16.9. The second-order valence-corrected chi connectivity index (χ2v) is 6.03. The van der Waals surface area contributed by atoms with Gasteiger partial charge in [0.25, 0.3) is 0 Å². The summed E-state index contributed by atoms with van der Waals surface area (Å²) in [5.74, 6) is -1.95. The number of amides is 2. The molecule has 2 amide bonds. The van der Waals surface area contributed by atoms with E-state index in [-0.39, 0.29) is 13.2 Å². The van der Waals surface area contributed by atoms with Crippen LogP contribution < -0.4 is 10.6 Å². The van der Waals surface area contributed by atoms with E-state index in [1.54, 1.807) is 24.3 Å². The Hall–Kier alpha value is -2.70. The predicted molar refractivity (Wildman–Crippen MR) is 98.0 cm³/mol. The number of benzene rings is 2. The van der Waals surface area contributed by atoms with Gasteiger partial charge in [0.15, 0.2) is 0 Å². The molecule has 0 aromatic heterocycles. The number of rotatable bonds is 8. The van der Waals surface area contributed by atoms with Gasteiger partial charge in [-0.2, -0.15) is 0 Å². The van der Waals surface area contributed by atoms with Crippen molar-refractivity contribution in [3.8, 4) is 0 Å². The Balaban J connectivity index is 1.99. The number of hydrogen-bond donors (Lipinski definition) is 4. The summed E-state index contributed by atoms with van der Waals surface area (Å²) in [6.07, 6.45) is 0. The highest BCUT2D eigenvalue weighted by Gasteiger charge is 2.26. The van der Waals surface area contributed by atoms with Crippen LogP contribution in [0.1, 0.15) is 30.1 Å². The highest BCUT2D eigenvalue weighted by molar-refractivity contribution is 6.00. The molecule has 4 N–H and O–H groups in total. The van der Waals surface area contributed by atoms with Crippen molar-refractivity contribution in [2.75, 3.05) is 13.2 Å². The Morgan fingerprint density at radius 3 is 1.42 bits per heavy atom. The van der Waals surface area contributed by atoms with E-state index in [4.69, 9.17) is 0 Å². The van der Waals surface area contributed by atoms with Gasteiger partial charge in [0.05, 0.1) is 25.3 Å². The molecule has 0 spiro atoms. The lowest BCUT2D eigenvalue weighted by molar-refractivity contribution is -0.135. The van der Waals surface area contributed by atoms with E-state index in [1.165, 1.54) is 6.92 Å². The van der Waals surface area contributed by atoms with Crippen LogP contribution >= 0.6 is 0 Å². The van der Waals surface area contributed by atoms with E-state index in [0.717, 1.165) is 11.1 Å². The van der Waals surface area contributed by atoms with Crippen molar-refractivity contribution in [2.24, 2.45) is 5.92 Å². The summed E-state index contributed by atoms with van der Waals surface area (Å²) in [6.45, 7) is 0.949. The molecule has 2 aromatic carbocycles. The lowest BCUT2D eigenvalue weighted by Crippen LogP contribution is -2.43. The third-order valence-electron chi connectivity index (χ3n) is 4.19. The molecule has 0 heterocycles. The SMILES string of the molecule is CC(C(=O)N[C@@H](CO)c1ccccc1)C(=O)N[C@@H](CO)c1ccccc1. The van der Waals surface area contributed by atoms with Gasteiger partial charge in [-0.3, -0.25) is 9.59 Å². The largest absolute Gasteiger partial charge is 0.394 e. The maximum Gasteiger partial charge on any atom is 0.232 e. The van der Waals surface area contributed by atoms with Crippen LogP contribution in [0.25, 0.3) is 0 Å². The molecule has 6 heteroatoms. The number of aliphatic hydroxyl groups is 2. The van der Waals surface area contributed by atoms with Crippen LogP contribution in [-0.4, -0.2) is 35.2 Å². The molecule has 0 aliphatic rings. The Labute approximate surface area is 152 Å². The van der Waals surface area contributed by atoms with Crippen LogP contribution in [0, 0.1) is 5.92 Å². The van der Waals surface area contributed by atoms with Crippen molar-refractivity contribution in [1.82, 2.24) is 10.6 Å². The third-order valence-corrected chi connectivity index (χ3v) is 4.19. The summed E-state index contributed by atoms with van der Waals surface area (Å²) in [7, 11) is 0. The maximum absolute atomic E-state index is 12.4. The average Bonchev–Trinajstić information content (AvgIpc) is 2.70. The van der Waals surface area contributed by atoms with Gasteiger partial charge in [0, 0.05) is 0 Å². The van der Waals surface area contributed by atoms with Crippen molar-refractivity contribution in [2.45, 2.75) is 19.0 Å². The molecule has 0 bridgehead atoms. The van der Waals surface area contributed by atoms with Gasteiger partial charge < -0.3 is 20.8 Å². The first-order chi connectivity index (χ1) is 12.6. The van der Waals surface area contributed by atoms with E-state index >= 15 is 0 Å². The molecule has 0 aliphatic heterocycles. The number of carbonyl (C=O) groups is 2. The van der Waals surface area contributed by atoms with Gasteiger partial charge in [0.2, 0.25) is 11.8 Å². The Morgan fingerprint density at radius 2 is 1.12 bits per heavy atom. The number of hydrogen-bond acceptors (Lipinski definition) is 4. The van der Waals surface area contributed by atoms with Gasteiger partial charge in [0.1, 0.15) is 5.92 Å². The fourth-order valence-corrected chi connectivity index (χ4v) is 2.55. The van der Waals surface area contributed by atoms with E-state index in [0.29, 0.717) is 0 Å². The summed E-state index contributed by atoms with van der Waals surface area (Å²) in [5.41, 5.74) is 1.52. The zero-order valence-corrected chi connectivity index (χ0v) is 14.6. The normalized spacial score (nSPS) is 13.1. The van der Waals surface area contributed by atoms with Gasteiger partial charge in [-0.15, -0.1) is 0 Å². The van der Waals surface area contributed by atoms with Gasteiger partial charge in [-0.1, -0.05) is 60.7 Å². The van der Waals surface area contributed by atoms with Crippen LogP contribution in [-0.2, 0) is 9.59 Å². The van der Waals surface area contributed by atoms with Gasteiger partial charge >= 0.3 is 0 Å². The van der Waals surface area contributed by atoms with Crippen molar-refractivity contribution in [3.05, 3.63) is 71.8 Å². The zero-order valence-electron chi connectivity index (χ0n) is 14.6. The molecule has 2 atom stereocenters. The summed E-state index contributed by atoms with van der Waals surface area (Å²) < 4.78 is 0. The Kier molecular flexibility index (Phi) is 7.32. The summed E-state index contributed by atoms with van der Waals surface area (Å²) in [4.78, 5) is 24.8. The minimum Gasteiger partial charge on any atom is -0.394 e. The van der Waals surface area contributed by atoms with Gasteiger partial charge in [-0.25, -0.2) is 0 Å². The first kappa shape index (κ1) is 19.6. The zero-order chi connectivity index (χ0) is 18.9. The molecule has 26 heavy (non-hydrogen) atoms. The van der Waals surface area contributed by atoms with Crippen molar-refractivity contribution in [1.29, 1.82) is 0 Å². The lowest BCUT2D eigenvalue weighted by Gasteiger charge is -2.22. The Bertz CT molecular complexity index is 645. The van der Waals surface area contributed by atoms with E-state index in [2.05, 4.69) is 10.6 Å². The maximum atomic E-state index is 12.4. The minimum absolute atomic E-state index is 0.270. The monoisotopic (exact) mass is 356 g/mol. The van der Waals surface area contributed by atoms with Crippen molar-refractivity contribution in [3.63, 3.8) is 0 Å². The first-order valence-corrected chi connectivity index (χ1v) is 8.49. The molecule has 2 rings (SSSR count). The van der Waals surface area contributed by atoms with Crippen LogP contribution in [0.15, 0.2) is 60.7 Å². The average molecular weight is 356 g/mol. The standard InChI is InChI=1S/C20H24N2O4/c1-14(19(25)21-17(12-23)15-8-4-2-5-9-15)20(26)22-18(13-24)16-10-6-3-7-11-16/h2-11,14,17-18,23-24H,12-13H2,1H3,(H,21,25)(H,22,26)/t17-,18-/m0/s1. The second kappa shape index (κ2) is 9.70. The predicted octanol–water partition coefficient (Wildman–Crippen LogP) is 1.32. The topological polar surface area (TPSA) is 98.7 Å². The third kappa shape index (κ3) is 5.15. The number of aliphatic hydroxyl groups excluding tert-OH is 2. The quantitative estimate of drug-likeness (QED) is 0.536. The summed E-state index contributed by atoms with van der Waals surface area (Å²) >= 11 is 0. The smallest absolute Gasteiger partial charge is 0.232 e. The first-order valence-electron chi connectivity index (χ1n) is 8.49. The lowest BCUT2D eigenvalue weighted by atomic mass is 10.0. The van der Waals surface area contributed by atoms with Crippen molar-refractivity contribution >= 4 is 11.8 Å². The van der Waals surface area contributed by atoms with E-state index < -0.39 is 29.8 Å². The number of carbonyl (C=O) groups excluding carboxylic acids is 2. The van der Waals surface area contributed by atoms with Crippen LogP contribution in [0.3, 0.4) is 0 Å². The highest BCUT2D eigenvalue weighted by Crippen LogP contribution is 2.15. The molecule has 6 nitrogen and oxygen atoms in total. The molecule has 0 unspecified atom stereocenters. The van der Waals surface area contributed by atoms with Gasteiger partial charge in [-0.05, 0) is 18.1 Å². The molecule has 0 radical (unpaired) electrons. The minimum atomic E-state index is -0.967. The molecular formula is C20H24N2O4. The molecule has 0 saturated carbocycles. The van der Waals surface area contributed by atoms with Crippen LogP contribution in [0.5, 0.6) is 0 Å². The fraction of sp³-hybridized carbons (Fsp3) is 0.300. The molecule has 0 saturated heterocycles. The molecular weight excluding hydrogens is 332 g/mol.